The number of nitrogens with one attached hydrogen (secondary N) is 1. The predicted molar refractivity (Wildman–Crippen MR) is 130 cm³/mol. The van der Waals surface area contributed by atoms with Crippen molar-refractivity contribution in [2.75, 3.05) is 37.9 Å². The van der Waals surface area contributed by atoms with Gasteiger partial charge in [0.25, 0.3) is 0 Å². The third kappa shape index (κ3) is 6.04. The van der Waals surface area contributed by atoms with Crippen molar-refractivity contribution in [3.8, 4) is 11.1 Å². The molecule has 1 unspecified atom stereocenters. The second kappa shape index (κ2) is 9.99. The van der Waals surface area contributed by atoms with Gasteiger partial charge in [-0.1, -0.05) is 41.6 Å². The summed E-state index contributed by atoms with van der Waals surface area (Å²) >= 11 is 0. The molecule has 1 N–H and O–H groups in total. The van der Waals surface area contributed by atoms with Crippen molar-refractivity contribution in [1.82, 2.24) is 5.32 Å². The van der Waals surface area contributed by atoms with Gasteiger partial charge in [0.2, 0.25) is 5.91 Å². The van der Waals surface area contributed by atoms with Crippen molar-refractivity contribution in [2.24, 2.45) is 5.16 Å². The fourth-order valence-corrected chi connectivity index (χ4v) is 4.26. The first kappa shape index (κ1) is 24.0. The van der Waals surface area contributed by atoms with E-state index in [-0.39, 0.29) is 24.7 Å². The zero-order chi connectivity index (χ0) is 24.3. The van der Waals surface area contributed by atoms with Crippen LogP contribution in [0.4, 0.5) is 10.5 Å². The number of oxime groups is 1. The number of carbonyl (C=O) groups is 2. The summed E-state index contributed by atoms with van der Waals surface area (Å²) in [7, 11) is -2.55. The molecule has 0 aromatic heterocycles. The van der Waals surface area contributed by atoms with Gasteiger partial charge in [0, 0.05) is 32.4 Å². The number of cyclic esters (lactones) is 1. The van der Waals surface area contributed by atoms with E-state index in [0.717, 1.165) is 28.1 Å². The summed E-state index contributed by atoms with van der Waals surface area (Å²) in [5.74, 6) is -0.157. The summed E-state index contributed by atoms with van der Waals surface area (Å²) < 4.78 is 22.4. The fraction of sp³-hybridized carbons (Fsp3) is 0.375. The molecule has 180 valence electrons. The van der Waals surface area contributed by atoms with Gasteiger partial charge in [0.15, 0.2) is 13.5 Å². The molecule has 2 atom stereocenters. The summed E-state index contributed by atoms with van der Waals surface area (Å²) in [5, 5.41) is 6.83. The maximum Gasteiger partial charge on any atom is 0.414 e. The lowest BCUT2D eigenvalue weighted by molar-refractivity contribution is -0.119. The number of nitrogens with zero attached hydrogens (tertiary/aromatic N) is 2. The van der Waals surface area contributed by atoms with E-state index in [0.29, 0.717) is 19.5 Å². The summed E-state index contributed by atoms with van der Waals surface area (Å²) in [5.41, 5.74) is 4.57. The van der Waals surface area contributed by atoms with Crippen molar-refractivity contribution in [1.29, 1.82) is 0 Å². The van der Waals surface area contributed by atoms with Crippen LogP contribution in [0.1, 0.15) is 18.9 Å². The van der Waals surface area contributed by atoms with Crippen molar-refractivity contribution in [2.45, 2.75) is 25.6 Å². The molecule has 10 heteroatoms. The Morgan fingerprint density at radius 1 is 1.09 bits per heavy atom. The molecule has 0 spiro atoms. The highest BCUT2D eigenvalue weighted by Gasteiger charge is 2.32. The molecule has 2 aliphatic rings. The fourth-order valence-electron chi connectivity index (χ4n) is 3.74. The summed E-state index contributed by atoms with van der Waals surface area (Å²) in [4.78, 5) is 30.3. The SMILES string of the molecule is CC(=O)NC[C@H]1CN(c2ccc(-c3ccc(C4=NOC(COP(C)(C)=O)C4)cc3)cc2)C(=O)O1. The summed E-state index contributed by atoms with van der Waals surface area (Å²) in [6.45, 7) is 5.52. The first-order valence-corrected chi connectivity index (χ1v) is 13.6. The molecule has 2 aromatic rings. The number of hydrogen-bond acceptors (Lipinski definition) is 7. The molecular formula is C24H28N3O6P. The van der Waals surface area contributed by atoms with Gasteiger partial charge in [0.05, 0.1) is 25.4 Å². The molecule has 0 bridgehead atoms. The number of rotatable bonds is 8. The van der Waals surface area contributed by atoms with Crippen LogP contribution in [0.5, 0.6) is 0 Å². The zero-order valence-electron chi connectivity index (χ0n) is 19.4. The number of ether oxygens (including phenoxy) is 1. The average molecular weight is 485 g/mol. The molecule has 2 amide bonds. The highest BCUT2D eigenvalue weighted by Crippen LogP contribution is 2.38. The van der Waals surface area contributed by atoms with Gasteiger partial charge in [-0.15, -0.1) is 0 Å². The minimum atomic E-state index is -2.55. The van der Waals surface area contributed by atoms with Gasteiger partial charge < -0.3 is 19.4 Å². The maximum atomic E-state index is 12.2. The van der Waals surface area contributed by atoms with Crippen LogP contribution in [-0.4, -0.2) is 62.9 Å². The lowest BCUT2D eigenvalue weighted by Crippen LogP contribution is -2.33. The van der Waals surface area contributed by atoms with E-state index in [9.17, 15) is 14.2 Å². The molecule has 2 aliphatic heterocycles. The lowest BCUT2D eigenvalue weighted by Gasteiger charge is -2.14. The first-order valence-electron chi connectivity index (χ1n) is 11.0. The van der Waals surface area contributed by atoms with E-state index < -0.39 is 13.5 Å². The van der Waals surface area contributed by atoms with Crippen molar-refractivity contribution >= 4 is 30.8 Å². The molecule has 1 fully saturated rings. The van der Waals surface area contributed by atoms with Crippen LogP contribution in [0.3, 0.4) is 0 Å². The molecule has 9 nitrogen and oxygen atoms in total. The third-order valence-corrected chi connectivity index (χ3v) is 6.26. The quantitative estimate of drug-likeness (QED) is 0.569. The topological polar surface area (TPSA) is 107 Å². The standard InChI is InChI=1S/C24H28N3O6P/c1-16(28)25-13-22-14-27(24(29)32-22)20-10-8-18(9-11-20)17-4-6-19(7-5-17)23-12-21(33-26-23)15-31-34(2,3)30/h4-11,21-22H,12-15H2,1-3H3,(H,25,28)/t21?,22-/m0/s1. The van der Waals surface area contributed by atoms with Gasteiger partial charge in [-0.3, -0.25) is 14.3 Å². The van der Waals surface area contributed by atoms with E-state index in [4.69, 9.17) is 14.1 Å². The number of anilines is 1. The molecule has 0 saturated carbocycles. The van der Waals surface area contributed by atoms with Crippen molar-refractivity contribution < 1.29 is 28.3 Å². The smallest absolute Gasteiger partial charge is 0.414 e. The second-order valence-corrected chi connectivity index (χ2v) is 11.5. The number of amides is 2. The normalized spacial score (nSPS) is 20.0. The van der Waals surface area contributed by atoms with Crippen LogP contribution in [0.2, 0.25) is 0 Å². The Labute approximate surface area is 198 Å². The average Bonchev–Trinajstić information content (AvgIpc) is 3.43. The Balaban J connectivity index is 1.35. The minimum absolute atomic E-state index is 0.157. The van der Waals surface area contributed by atoms with Crippen LogP contribution in [0, 0.1) is 0 Å². The van der Waals surface area contributed by atoms with Crippen LogP contribution in [0.15, 0.2) is 53.7 Å². The van der Waals surface area contributed by atoms with E-state index in [2.05, 4.69) is 10.5 Å². The van der Waals surface area contributed by atoms with E-state index in [1.807, 2.05) is 48.5 Å². The highest BCUT2D eigenvalue weighted by molar-refractivity contribution is 7.57. The lowest BCUT2D eigenvalue weighted by atomic mass is 10.00. The van der Waals surface area contributed by atoms with Gasteiger partial charge >= 0.3 is 6.09 Å². The maximum absolute atomic E-state index is 12.2. The first-order chi connectivity index (χ1) is 16.2. The van der Waals surface area contributed by atoms with Crippen LogP contribution < -0.4 is 10.2 Å². The Morgan fingerprint density at radius 3 is 2.32 bits per heavy atom. The number of carbonyl (C=O) groups excluding carboxylic acids is 2. The van der Waals surface area contributed by atoms with Gasteiger partial charge in [-0.25, -0.2) is 4.79 Å². The van der Waals surface area contributed by atoms with Gasteiger partial charge in [0.1, 0.15) is 6.10 Å². The van der Waals surface area contributed by atoms with Crippen LogP contribution >= 0.6 is 7.37 Å². The Bertz CT molecular complexity index is 1130. The van der Waals surface area contributed by atoms with Crippen LogP contribution in [0.25, 0.3) is 11.1 Å². The molecule has 2 heterocycles. The zero-order valence-corrected chi connectivity index (χ0v) is 20.3. The van der Waals surface area contributed by atoms with Crippen molar-refractivity contribution in [3.63, 3.8) is 0 Å². The Kier molecular flexibility index (Phi) is 7.05. The summed E-state index contributed by atoms with van der Waals surface area (Å²) in [6.07, 6.45) is -0.421. The Hall–Kier alpha value is -3.16. The van der Waals surface area contributed by atoms with Crippen molar-refractivity contribution in [3.05, 3.63) is 54.1 Å². The molecule has 2 aromatic carbocycles. The van der Waals surface area contributed by atoms with E-state index in [1.54, 1.807) is 18.2 Å². The molecule has 34 heavy (non-hydrogen) atoms. The van der Waals surface area contributed by atoms with Gasteiger partial charge in [-0.2, -0.15) is 0 Å². The molecule has 0 aliphatic carbocycles. The van der Waals surface area contributed by atoms with E-state index >= 15 is 0 Å². The largest absolute Gasteiger partial charge is 0.442 e. The van der Waals surface area contributed by atoms with Gasteiger partial charge in [-0.05, 0) is 28.8 Å². The van der Waals surface area contributed by atoms with E-state index in [1.165, 1.54) is 6.92 Å². The summed E-state index contributed by atoms with van der Waals surface area (Å²) in [6, 6.07) is 15.7. The number of benzene rings is 2. The monoisotopic (exact) mass is 485 g/mol. The van der Waals surface area contributed by atoms with Crippen LogP contribution in [-0.2, 0) is 23.5 Å². The Morgan fingerprint density at radius 2 is 1.71 bits per heavy atom. The molecule has 1 saturated heterocycles. The third-order valence-electron chi connectivity index (χ3n) is 5.49. The predicted octanol–water partition coefficient (Wildman–Crippen LogP) is 3.86. The highest BCUT2D eigenvalue weighted by atomic mass is 31.2. The number of hydrogen-bond donors (Lipinski definition) is 1. The molecular weight excluding hydrogens is 457 g/mol. The minimum Gasteiger partial charge on any atom is -0.442 e. The molecule has 0 radical (unpaired) electrons. The second-order valence-electron chi connectivity index (χ2n) is 8.70. The molecule has 4 rings (SSSR count).